The average molecular weight is 226 g/mol. The highest BCUT2D eigenvalue weighted by atomic mass is 16.6. The fourth-order valence-electron chi connectivity index (χ4n) is 1.97. The first-order valence-corrected chi connectivity index (χ1v) is 5.31. The zero-order chi connectivity index (χ0) is 11.5. The van der Waals surface area contributed by atoms with E-state index in [0.717, 1.165) is 19.3 Å². The van der Waals surface area contributed by atoms with E-state index in [1.165, 1.54) is 6.07 Å². The topological polar surface area (TPSA) is 88.5 Å². The van der Waals surface area contributed by atoms with Crippen LogP contribution in [0.2, 0.25) is 0 Å². The largest absolute Gasteiger partial charge is 0.433 e. The molecule has 1 aromatic rings. The van der Waals surface area contributed by atoms with Crippen molar-refractivity contribution in [2.45, 2.75) is 38.0 Å². The number of hydrogen-bond donors (Lipinski definition) is 2. The summed E-state index contributed by atoms with van der Waals surface area (Å²) in [7, 11) is 0. The molecule has 1 aromatic heterocycles. The minimum absolute atomic E-state index is 0.0733. The lowest BCUT2D eigenvalue weighted by atomic mass is 10.2. The van der Waals surface area contributed by atoms with Gasteiger partial charge in [0, 0.05) is 6.04 Å². The molecule has 0 radical (unpaired) electrons. The van der Waals surface area contributed by atoms with Gasteiger partial charge in [0.2, 0.25) is 0 Å². The highest BCUT2D eigenvalue weighted by Crippen LogP contribution is 2.20. The maximum Gasteiger partial charge on any atom is 0.433 e. The quantitative estimate of drug-likeness (QED) is 0.594. The van der Waals surface area contributed by atoms with Gasteiger partial charge in [-0.2, -0.15) is 0 Å². The van der Waals surface area contributed by atoms with E-state index >= 15 is 0 Å². The van der Waals surface area contributed by atoms with Gasteiger partial charge in [0.25, 0.3) is 0 Å². The Morgan fingerprint density at radius 1 is 1.56 bits per heavy atom. The molecule has 0 amide bonds. The summed E-state index contributed by atoms with van der Waals surface area (Å²) in [5.41, 5.74) is 0. The van der Waals surface area contributed by atoms with Gasteiger partial charge in [0.05, 0.1) is 18.7 Å². The minimum atomic E-state index is -0.562. The van der Waals surface area contributed by atoms with Crippen LogP contribution in [0.1, 0.15) is 25.0 Å². The van der Waals surface area contributed by atoms with Crippen LogP contribution in [0.5, 0.6) is 0 Å². The Morgan fingerprint density at radius 2 is 2.38 bits per heavy atom. The number of furan rings is 1. The molecule has 2 rings (SSSR count). The van der Waals surface area contributed by atoms with Crippen LogP contribution in [0.25, 0.3) is 0 Å². The van der Waals surface area contributed by atoms with E-state index in [1.807, 2.05) is 0 Å². The van der Waals surface area contributed by atoms with Gasteiger partial charge in [0.1, 0.15) is 10.7 Å². The molecule has 0 bridgehead atoms. The summed E-state index contributed by atoms with van der Waals surface area (Å²) in [5.74, 6) is 0.273. The van der Waals surface area contributed by atoms with Crippen LogP contribution >= 0.6 is 0 Å². The fraction of sp³-hybridized carbons (Fsp3) is 0.600. The number of rotatable bonds is 4. The van der Waals surface area contributed by atoms with Gasteiger partial charge < -0.3 is 14.8 Å². The molecule has 0 spiro atoms. The van der Waals surface area contributed by atoms with E-state index in [4.69, 9.17) is 4.42 Å². The minimum Gasteiger partial charge on any atom is -0.404 e. The van der Waals surface area contributed by atoms with E-state index < -0.39 is 4.92 Å². The van der Waals surface area contributed by atoms with Crippen molar-refractivity contribution in [3.8, 4) is 0 Å². The fourth-order valence-corrected chi connectivity index (χ4v) is 1.97. The maximum absolute atomic E-state index is 10.4. The second kappa shape index (κ2) is 4.63. The zero-order valence-corrected chi connectivity index (χ0v) is 8.76. The third-order valence-corrected chi connectivity index (χ3v) is 2.85. The van der Waals surface area contributed by atoms with E-state index in [2.05, 4.69) is 5.32 Å². The molecule has 2 unspecified atom stereocenters. The third kappa shape index (κ3) is 2.40. The molecule has 0 saturated heterocycles. The molecule has 2 N–H and O–H groups in total. The van der Waals surface area contributed by atoms with Crippen LogP contribution in [0.4, 0.5) is 5.88 Å². The van der Waals surface area contributed by atoms with Crippen molar-refractivity contribution in [2.24, 2.45) is 0 Å². The average Bonchev–Trinajstić information content (AvgIpc) is 2.83. The molecule has 16 heavy (non-hydrogen) atoms. The highest BCUT2D eigenvalue weighted by molar-refractivity contribution is 5.17. The Kier molecular flexibility index (Phi) is 3.21. The molecule has 2 atom stereocenters. The van der Waals surface area contributed by atoms with Crippen LogP contribution in [-0.2, 0) is 6.54 Å². The van der Waals surface area contributed by atoms with Gasteiger partial charge in [-0.15, -0.1) is 0 Å². The van der Waals surface area contributed by atoms with Crippen LogP contribution in [0.15, 0.2) is 16.5 Å². The van der Waals surface area contributed by atoms with E-state index in [9.17, 15) is 15.2 Å². The number of aliphatic hydroxyl groups is 1. The maximum atomic E-state index is 10.4. The van der Waals surface area contributed by atoms with Crippen molar-refractivity contribution in [2.75, 3.05) is 0 Å². The Labute approximate surface area is 92.4 Å². The monoisotopic (exact) mass is 226 g/mol. The Hall–Kier alpha value is -1.40. The van der Waals surface area contributed by atoms with Gasteiger partial charge in [0.15, 0.2) is 0 Å². The second-order valence-corrected chi connectivity index (χ2v) is 3.98. The molecule has 0 aromatic carbocycles. The predicted octanol–water partition coefficient (Wildman–Crippen LogP) is 1.19. The summed E-state index contributed by atoms with van der Waals surface area (Å²) in [5, 5.41) is 23.1. The smallest absolute Gasteiger partial charge is 0.404 e. The van der Waals surface area contributed by atoms with Gasteiger partial charge >= 0.3 is 5.88 Å². The lowest BCUT2D eigenvalue weighted by Crippen LogP contribution is -2.34. The van der Waals surface area contributed by atoms with Gasteiger partial charge in [-0.1, -0.05) is 0 Å². The summed E-state index contributed by atoms with van der Waals surface area (Å²) in [6.07, 6.45) is 2.45. The molecule has 88 valence electrons. The van der Waals surface area contributed by atoms with Crippen molar-refractivity contribution < 1.29 is 14.4 Å². The van der Waals surface area contributed by atoms with Crippen LogP contribution < -0.4 is 5.32 Å². The van der Waals surface area contributed by atoms with Crippen molar-refractivity contribution in [1.82, 2.24) is 5.32 Å². The molecule has 1 aliphatic carbocycles. The number of aliphatic hydroxyl groups excluding tert-OH is 1. The summed E-state index contributed by atoms with van der Waals surface area (Å²) in [4.78, 5) is 9.82. The van der Waals surface area contributed by atoms with E-state index in [-0.39, 0.29) is 18.0 Å². The molecule has 1 saturated carbocycles. The first-order chi connectivity index (χ1) is 7.66. The summed E-state index contributed by atoms with van der Waals surface area (Å²) in [6.45, 7) is 0.412. The van der Waals surface area contributed by atoms with Crippen molar-refractivity contribution in [1.29, 1.82) is 0 Å². The Balaban J connectivity index is 1.87. The van der Waals surface area contributed by atoms with E-state index in [0.29, 0.717) is 12.3 Å². The van der Waals surface area contributed by atoms with Crippen LogP contribution in [0, 0.1) is 10.1 Å². The van der Waals surface area contributed by atoms with Gasteiger partial charge in [-0.25, -0.2) is 0 Å². The second-order valence-electron chi connectivity index (χ2n) is 3.98. The Bertz CT molecular complexity index is 377. The first-order valence-electron chi connectivity index (χ1n) is 5.31. The summed E-state index contributed by atoms with van der Waals surface area (Å²) < 4.78 is 5.00. The molecule has 0 aliphatic heterocycles. The lowest BCUT2D eigenvalue weighted by molar-refractivity contribution is -0.402. The number of nitro groups is 1. The van der Waals surface area contributed by atoms with Gasteiger partial charge in [-0.05, 0) is 25.3 Å². The number of nitrogens with one attached hydrogen (secondary N) is 1. The van der Waals surface area contributed by atoms with E-state index in [1.54, 1.807) is 6.07 Å². The third-order valence-electron chi connectivity index (χ3n) is 2.85. The predicted molar refractivity (Wildman–Crippen MR) is 55.8 cm³/mol. The number of hydrogen-bond acceptors (Lipinski definition) is 5. The molecule has 6 heteroatoms. The van der Waals surface area contributed by atoms with Crippen LogP contribution in [-0.4, -0.2) is 22.2 Å². The van der Waals surface area contributed by atoms with Crippen molar-refractivity contribution >= 4 is 5.88 Å². The van der Waals surface area contributed by atoms with Crippen molar-refractivity contribution in [3.05, 3.63) is 28.0 Å². The normalized spacial score (nSPS) is 24.8. The van der Waals surface area contributed by atoms with Crippen molar-refractivity contribution in [3.63, 3.8) is 0 Å². The molecular formula is C10H14N2O4. The zero-order valence-electron chi connectivity index (χ0n) is 8.76. The van der Waals surface area contributed by atoms with Crippen LogP contribution in [0.3, 0.4) is 0 Å². The Morgan fingerprint density at radius 3 is 2.94 bits per heavy atom. The first kappa shape index (κ1) is 11.1. The standard InChI is InChI=1S/C10H14N2O4/c13-9-3-1-2-8(9)11-6-7-4-5-10(16-7)12(14)15/h4-5,8-9,11,13H,1-3,6H2. The molecule has 1 heterocycles. The lowest BCUT2D eigenvalue weighted by Gasteiger charge is -2.14. The molecular weight excluding hydrogens is 212 g/mol. The van der Waals surface area contributed by atoms with Gasteiger partial charge in [-0.3, -0.25) is 10.1 Å². The summed E-state index contributed by atoms with van der Waals surface area (Å²) >= 11 is 0. The molecule has 6 nitrogen and oxygen atoms in total. The SMILES string of the molecule is O=[N+]([O-])c1ccc(CNC2CCCC2O)o1. The summed E-state index contributed by atoms with van der Waals surface area (Å²) in [6, 6.07) is 2.98. The highest BCUT2D eigenvalue weighted by Gasteiger charge is 2.24. The number of nitrogens with zero attached hydrogens (tertiary/aromatic N) is 1. The molecule has 1 aliphatic rings. The molecule has 1 fully saturated rings.